The zero-order valence-corrected chi connectivity index (χ0v) is 19.0. The Morgan fingerprint density at radius 3 is 2.48 bits per heavy atom. The summed E-state index contributed by atoms with van der Waals surface area (Å²) in [7, 11) is 1.63. The number of hydrogen-bond acceptors (Lipinski definition) is 6. The molecule has 158 valence electrons. The molecule has 0 unspecified atom stereocenters. The lowest BCUT2D eigenvalue weighted by atomic mass is 10.0. The molecule has 1 aromatic heterocycles. The van der Waals surface area contributed by atoms with Gasteiger partial charge in [0.1, 0.15) is 11.6 Å². The zero-order chi connectivity index (χ0) is 20.8. The predicted molar refractivity (Wildman–Crippen MR) is 119 cm³/mol. The summed E-state index contributed by atoms with van der Waals surface area (Å²) >= 11 is 2.20. The second-order valence-corrected chi connectivity index (χ2v) is 9.30. The van der Waals surface area contributed by atoms with E-state index in [1.165, 1.54) is 4.90 Å². The fourth-order valence-electron chi connectivity index (χ4n) is 3.93. The number of halogens is 3. The Morgan fingerprint density at radius 1 is 1.21 bits per heavy atom. The number of alkyl halides is 2. The molecule has 1 aromatic carbocycles. The number of methoxy groups -OCH3 is 1. The first kappa shape index (κ1) is 20.8. The van der Waals surface area contributed by atoms with Crippen LogP contribution in [-0.2, 0) is 0 Å². The van der Waals surface area contributed by atoms with Gasteiger partial charge in [-0.3, -0.25) is 0 Å². The predicted octanol–water partition coefficient (Wildman–Crippen LogP) is 3.98. The number of fused-ring (bicyclic) bond motifs is 1. The van der Waals surface area contributed by atoms with Crippen LogP contribution in [0.25, 0.3) is 10.9 Å². The van der Waals surface area contributed by atoms with E-state index in [0.29, 0.717) is 23.8 Å². The number of benzene rings is 1. The van der Waals surface area contributed by atoms with Crippen molar-refractivity contribution in [3.63, 3.8) is 0 Å². The van der Waals surface area contributed by atoms with E-state index in [-0.39, 0.29) is 13.1 Å². The van der Waals surface area contributed by atoms with Gasteiger partial charge < -0.3 is 19.9 Å². The average molecular weight is 517 g/mol. The van der Waals surface area contributed by atoms with Crippen molar-refractivity contribution >= 4 is 45.3 Å². The first-order valence-corrected chi connectivity index (χ1v) is 11.0. The Kier molecular flexibility index (Phi) is 5.71. The van der Waals surface area contributed by atoms with E-state index in [0.717, 1.165) is 46.2 Å². The highest BCUT2D eigenvalue weighted by Crippen LogP contribution is 2.35. The number of nitrogens with one attached hydrogen (secondary N) is 1. The van der Waals surface area contributed by atoms with E-state index in [2.05, 4.69) is 56.6 Å². The standard InChI is InChI=1S/C20H26F2IN5O/c1-12(2)27-6-4-13(5-7-27)24-18-14-8-17(29-3)15(23)9-16(14)25-19(26-18)28-10-20(21,22)11-28/h8-9,12-13H,4-7,10-11H2,1-3H3,(H,24,25,26). The molecule has 4 rings (SSSR count). The zero-order valence-electron chi connectivity index (χ0n) is 16.9. The van der Waals surface area contributed by atoms with Crippen LogP contribution >= 0.6 is 22.6 Å². The Labute approximate surface area is 183 Å². The Balaban J connectivity index is 1.65. The van der Waals surface area contributed by atoms with Crippen LogP contribution in [0.15, 0.2) is 12.1 Å². The number of rotatable bonds is 5. The van der Waals surface area contributed by atoms with E-state index in [9.17, 15) is 8.78 Å². The summed E-state index contributed by atoms with van der Waals surface area (Å²) in [5.74, 6) is -0.865. The van der Waals surface area contributed by atoms with E-state index in [1.807, 2.05) is 12.1 Å². The Morgan fingerprint density at radius 2 is 1.90 bits per heavy atom. The molecular weight excluding hydrogens is 491 g/mol. The third kappa shape index (κ3) is 4.35. The summed E-state index contributed by atoms with van der Waals surface area (Å²) in [5.41, 5.74) is 0.734. The molecule has 2 fully saturated rings. The second kappa shape index (κ2) is 7.98. The van der Waals surface area contributed by atoms with Crippen molar-refractivity contribution in [1.29, 1.82) is 0 Å². The van der Waals surface area contributed by atoms with E-state index in [1.54, 1.807) is 7.11 Å². The van der Waals surface area contributed by atoms with E-state index < -0.39 is 5.92 Å². The first-order valence-electron chi connectivity index (χ1n) is 9.94. The fraction of sp³-hybridized carbons (Fsp3) is 0.600. The molecule has 2 aliphatic heterocycles. The molecule has 0 amide bonds. The molecule has 0 saturated carbocycles. The van der Waals surface area contributed by atoms with Crippen molar-refractivity contribution in [2.75, 3.05) is 43.5 Å². The molecular formula is C20H26F2IN5O. The SMILES string of the molecule is COc1cc2c(NC3CCN(C(C)C)CC3)nc(N3CC(F)(F)C3)nc2cc1I. The minimum atomic E-state index is -2.66. The van der Waals surface area contributed by atoms with Crippen LogP contribution in [0.5, 0.6) is 5.75 Å². The van der Waals surface area contributed by atoms with Gasteiger partial charge >= 0.3 is 0 Å². The number of hydrogen-bond donors (Lipinski definition) is 1. The topological polar surface area (TPSA) is 53.5 Å². The molecule has 2 saturated heterocycles. The number of piperidine rings is 1. The van der Waals surface area contributed by atoms with Crippen LogP contribution in [0.4, 0.5) is 20.5 Å². The molecule has 0 aliphatic carbocycles. The molecule has 0 spiro atoms. The molecule has 1 N–H and O–H groups in total. The number of aromatic nitrogens is 2. The second-order valence-electron chi connectivity index (χ2n) is 8.14. The fourth-order valence-corrected chi connectivity index (χ4v) is 4.60. The molecule has 2 aliphatic rings. The highest BCUT2D eigenvalue weighted by Gasteiger charge is 2.45. The normalized spacial score (nSPS) is 20.2. The van der Waals surface area contributed by atoms with Crippen molar-refractivity contribution in [2.24, 2.45) is 0 Å². The molecule has 9 heteroatoms. The lowest BCUT2D eigenvalue weighted by Crippen LogP contribution is -2.57. The smallest absolute Gasteiger partial charge is 0.282 e. The summed E-state index contributed by atoms with van der Waals surface area (Å²) in [4.78, 5) is 13.2. The molecule has 0 atom stereocenters. The Bertz CT molecular complexity index is 894. The van der Waals surface area contributed by atoms with Gasteiger partial charge in [0.2, 0.25) is 5.95 Å². The van der Waals surface area contributed by atoms with Gasteiger partial charge in [-0.15, -0.1) is 0 Å². The van der Waals surface area contributed by atoms with Gasteiger partial charge in [-0.2, -0.15) is 4.98 Å². The molecule has 29 heavy (non-hydrogen) atoms. The minimum absolute atomic E-state index is 0.291. The summed E-state index contributed by atoms with van der Waals surface area (Å²) in [6.45, 7) is 5.83. The maximum absolute atomic E-state index is 13.4. The molecule has 3 heterocycles. The van der Waals surface area contributed by atoms with Crippen LogP contribution in [-0.4, -0.2) is 66.2 Å². The quantitative estimate of drug-likeness (QED) is 0.606. The van der Waals surface area contributed by atoms with Crippen LogP contribution in [0.1, 0.15) is 26.7 Å². The largest absolute Gasteiger partial charge is 0.496 e. The van der Waals surface area contributed by atoms with Gasteiger partial charge in [0, 0.05) is 30.6 Å². The molecule has 0 radical (unpaired) electrons. The molecule has 2 aromatic rings. The molecule has 6 nitrogen and oxygen atoms in total. The number of ether oxygens (including phenoxy) is 1. The third-order valence-electron chi connectivity index (χ3n) is 5.69. The lowest BCUT2D eigenvalue weighted by molar-refractivity contribution is -0.0271. The van der Waals surface area contributed by atoms with Gasteiger partial charge in [0.15, 0.2) is 0 Å². The lowest BCUT2D eigenvalue weighted by Gasteiger charge is -2.39. The van der Waals surface area contributed by atoms with Crippen molar-refractivity contribution in [3.05, 3.63) is 15.7 Å². The number of anilines is 2. The first-order chi connectivity index (χ1) is 13.8. The van der Waals surface area contributed by atoms with Crippen molar-refractivity contribution in [2.45, 2.75) is 44.7 Å². The maximum atomic E-state index is 13.4. The van der Waals surface area contributed by atoms with Gasteiger partial charge in [-0.1, -0.05) is 0 Å². The highest BCUT2D eigenvalue weighted by molar-refractivity contribution is 14.1. The van der Waals surface area contributed by atoms with Crippen molar-refractivity contribution in [1.82, 2.24) is 14.9 Å². The summed E-state index contributed by atoms with van der Waals surface area (Å²) in [6.07, 6.45) is 2.03. The van der Waals surface area contributed by atoms with Crippen molar-refractivity contribution < 1.29 is 13.5 Å². The van der Waals surface area contributed by atoms with Gasteiger partial charge in [0.25, 0.3) is 5.92 Å². The maximum Gasteiger partial charge on any atom is 0.282 e. The van der Waals surface area contributed by atoms with Crippen LogP contribution in [0.2, 0.25) is 0 Å². The van der Waals surface area contributed by atoms with Gasteiger partial charge in [-0.25, -0.2) is 13.8 Å². The summed E-state index contributed by atoms with van der Waals surface area (Å²) in [6, 6.07) is 4.68. The number of nitrogens with zero attached hydrogens (tertiary/aromatic N) is 4. The van der Waals surface area contributed by atoms with E-state index in [4.69, 9.17) is 4.74 Å². The number of likely N-dealkylation sites (tertiary alicyclic amines) is 1. The average Bonchev–Trinajstić information content (AvgIpc) is 2.65. The monoisotopic (exact) mass is 517 g/mol. The minimum Gasteiger partial charge on any atom is -0.496 e. The summed E-state index contributed by atoms with van der Waals surface area (Å²) < 4.78 is 33.2. The van der Waals surface area contributed by atoms with E-state index >= 15 is 0 Å². The van der Waals surface area contributed by atoms with Crippen molar-refractivity contribution in [3.8, 4) is 5.75 Å². The summed E-state index contributed by atoms with van der Waals surface area (Å²) in [5, 5.41) is 4.42. The van der Waals surface area contributed by atoms with Crippen LogP contribution in [0.3, 0.4) is 0 Å². The van der Waals surface area contributed by atoms with Crippen LogP contribution in [0, 0.1) is 3.57 Å². The van der Waals surface area contributed by atoms with Gasteiger partial charge in [-0.05, 0) is 61.4 Å². The molecule has 0 bridgehead atoms. The highest BCUT2D eigenvalue weighted by atomic mass is 127. The third-order valence-corrected chi connectivity index (χ3v) is 6.53. The Hall–Kier alpha value is -1.49. The van der Waals surface area contributed by atoms with Crippen LogP contribution < -0.4 is 15.0 Å². The van der Waals surface area contributed by atoms with Gasteiger partial charge in [0.05, 0.1) is 29.3 Å².